The molecule has 1 amide bonds. The highest BCUT2D eigenvalue weighted by Crippen LogP contribution is 2.30. The van der Waals surface area contributed by atoms with Crippen LogP contribution < -0.4 is 5.32 Å². The topological polar surface area (TPSA) is 88.2 Å². The van der Waals surface area contributed by atoms with E-state index in [0.29, 0.717) is 12.2 Å². The van der Waals surface area contributed by atoms with Gasteiger partial charge in [0.05, 0.1) is 24.7 Å². The number of epoxide rings is 1. The first-order valence-corrected chi connectivity index (χ1v) is 11.2. The van der Waals surface area contributed by atoms with Crippen LogP contribution in [0.25, 0.3) is 0 Å². The second-order valence-electron chi connectivity index (χ2n) is 8.69. The molecule has 6 heteroatoms. The van der Waals surface area contributed by atoms with E-state index in [1.165, 1.54) is 38.5 Å². The Labute approximate surface area is 180 Å². The average Bonchev–Trinajstić information content (AvgIpc) is 3.35. The molecule has 168 valence electrons. The zero-order valence-corrected chi connectivity index (χ0v) is 18.6. The maximum Gasteiger partial charge on any atom is 0.355 e. The maximum atomic E-state index is 12.0. The van der Waals surface area contributed by atoms with Gasteiger partial charge in [-0.25, -0.2) is 4.79 Å². The van der Waals surface area contributed by atoms with Gasteiger partial charge in [0.25, 0.3) is 0 Å². The lowest BCUT2D eigenvalue weighted by Crippen LogP contribution is -2.28. The van der Waals surface area contributed by atoms with E-state index in [-0.39, 0.29) is 12.1 Å². The van der Waals surface area contributed by atoms with E-state index in [1.54, 1.807) is 32.1 Å². The van der Waals surface area contributed by atoms with Crippen molar-refractivity contribution in [2.75, 3.05) is 0 Å². The number of esters is 1. The van der Waals surface area contributed by atoms with Crippen molar-refractivity contribution in [1.29, 1.82) is 0 Å². The number of amides is 1. The van der Waals surface area contributed by atoms with Crippen LogP contribution >= 0.6 is 0 Å². The largest absolute Gasteiger partial charge is 0.451 e. The number of hydrogen-bond acceptors (Lipinski definition) is 5. The molecule has 1 saturated heterocycles. The fourth-order valence-corrected chi connectivity index (χ4v) is 3.53. The third kappa shape index (κ3) is 9.26. The van der Waals surface area contributed by atoms with Gasteiger partial charge >= 0.3 is 5.97 Å². The minimum Gasteiger partial charge on any atom is -0.451 e. The molecule has 0 radical (unpaired) electrons. The Hall–Kier alpha value is -1.92. The molecule has 1 fully saturated rings. The van der Waals surface area contributed by atoms with Crippen LogP contribution in [0.1, 0.15) is 78.6 Å². The van der Waals surface area contributed by atoms with Gasteiger partial charge in [-0.05, 0) is 32.8 Å². The second-order valence-corrected chi connectivity index (χ2v) is 8.69. The molecule has 0 aromatic rings. The predicted molar refractivity (Wildman–Crippen MR) is 117 cm³/mol. The molecule has 0 aromatic carbocycles. The van der Waals surface area contributed by atoms with Crippen LogP contribution in [-0.2, 0) is 19.1 Å². The first kappa shape index (κ1) is 24.4. The van der Waals surface area contributed by atoms with Crippen molar-refractivity contribution in [2.45, 2.75) is 102 Å². The van der Waals surface area contributed by atoms with E-state index in [0.717, 1.165) is 12.8 Å². The van der Waals surface area contributed by atoms with E-state index in [9.17, 15) is 14.7 Å². The minimum atomic E-state index is -0.918. The first-order valence-electron chi connectivity index (χ1n) is 11.2. The first-order chi connectivity index (χ1) is 14.3. The number of hydrogen-bond donors (Lipinski definition) is 2. The molecule has 0 spiro atoms. The van der Waals surface area contributed by atoms with Crippen molar-refractivity contribution in [3.05, 3.63) is 36.1 Å². The number of carbonyl (C=O) groups excluding carboxylic acids is 2. The molecule has 0 bridgehead atoms. The van der Waals surface area contributed by atoms with E-state index < -0.39 is 23.6 Å². The van der Waals surface area contributed by atoms with Gasteiger partial charge in [-0.2, -0.15) is 0 Å². The molecular formula is C24H37NO5. The lowest BCUT2D eigenvalue weighted by Gasteiger charge is -2.12. The third-order valence-electron chi connectivity index (χ3n) is 5.21. The molecule has 3 atom stereocenters. The van der Waals surface area contributed by atoms with Crippen LogP contribution in [0.15, 0.2) is 36.1 Å². The van der Waals surface area contributed by atoms with Crippen LogP contribution in [0, 0.1) is 0 Å². The number of rotatable bonds is 14. The summed E-state index contributed by atoms with van der Waals surface area (Å²) in [6.45, 7) is 5.70. The molecule has 0 aromatic heterocycles. The number of unbranched alkanes of at least 4 members (excludes halogenated alkanes) is 5. The van der Waals surface area contributed by atoms with Gasteiger partial charge in [-0.3, -0.25) is 4.79 Å². The van der Waals surface area contributed by atoms with Crippen molar-refractivity contribution in [3.63, 3.8) is 0 Å². The second kappa shape index (κ2) is 12.1. The normalized spacial score (nSPS) is 23.6. The number of aliphatic hydroxyl groups excluding tert-OH is 1. The van der Waals surface area contributed by atoms with Gasteiger partial charge in [-0.1, -0.05) is 69.8 Å². The molecular weight excluding hydrogens is 382 g/mol. The standard InChI is InChI=1S/C24H37NO5/c1-4-5-6-7-8-11-14-20-21(29-20)15-12-9-10-13-18(26)16-22(27)25-19-17-24(2,3)30-23(19)28/h9-10,12-13,17-18,20-21,26H,4-8,11,14-16H2,1-3H3,(H,25,27). The summed E-state index contributed by atoms with van der Waals surface area (Å²) in [5.41, 5.74) is -0.594. The van der Waals surface area contributed by atoms with Crippen molar-refractivity contribution < 1.29 is 24.2 Å². The van der Waals surface area contributed by atoms with Crippen LogP contribution in [0.5, 0.6) is 0 Å². The molecule has 2 aliphatic heterocycles. The van der Waals surface area contributed by atoms with Crippen LogP contribution in [0.2, 0.25) is 0 Å². The smallest absolute Gasteiger partial charge is 0.355 e. The van der Waals surface area contributed by atoms with E-state index >= 15 is 0 Å². The van der Waals surface area contributed by atoms with Gasteiger partial charge in [-0.15, -0.1) is 0 Å². The van der Waals surface area contributed by atoms with Gasteiger partial charge in [0.2, 0.25) is 5.91 Å². The fourth-order valence-electron chi connectivity index (χ4n) is 3.53. The average molecular weight is 420 g/mol. The Kier molecular flexibility index (Phi) is 9.79. The summed E-state index contributed by atoms with van der Waals surface area (Å²) in [7, 11) is 0. The maximum absolute atomic E-state index is 12.0. The zero-order valence-electron chi connectivity index (χ0n) is 18.6. The van der Waals surface area contributed by atoms with Crippen LogP contribution in [0.4, 0.5) is 0 Å². The van der Waals surface area contributed by atoms with Crippen LogP contribution in [0.3, 0.4) is 0 Å². The molecule has 2 N–H and O–H groups in total. The van der Waals surface area contributed by atoms with Crippen molar-refractivity contribution in [3.8, 4) is 0 Å². The van der Waals surface area contributed by atoms with E-state index in [2.05, 4.69) is 12.2 Å². The number of cyclic esters (lactones) is 1. The SMILES string of the molecule is CCCCCCCCC1OC1CC=CC=CC(O)CC(=O)NC1=CC(C)(C)OC1=O. The van der Waals surface area contributed by atoms with Crippen LogP contribution in [-0.4, -0.2) is 40.9 Å². The number of nitrogens with one attached hydrogen (secondary N) is 1. The Morgan fingerprint density at radius 2 is 1.93 bits per heavy atom. The Balaban J connectivity index is 1.55. The fraction of sp³-hybridized carbons (Fsp3) is 0.667. The van der Waals surface area contributed by atoms with Crippen molar-refractivity contribution in [1.82, 2.24) is 5.32 Å². The summed E-state index contributed by atoms with van der Waals surface area (Å²) in [6, 6.07) is 0. The van der Waals surface area contributed by atoms with Gasteiger partial charge in [0.1, 0.15) is 11.3 Å². The van der Waals surface area contributed by atoms with E-state index in [4.69, 9.17) is 9.47 Å². The quantitative estimate of drug-likeness (QED) is 0.192. The lowest BCUT2D eigenvalue weighted by atomic mass is 10.1. The molecule has 30 heavy (non-hydrogen) atoms. The Morgan fingerprint density at radius 1 is 1.20 bits per heavy atom. The Morgan fingerprint density at radius 3 is 2.63 bits per heavy atom. The number of aliphatic hydroxyl groups is 1. The van der Waals surface area contributed by atoms with Crippen molar-refractivity contribution >= 4 is 11.9 Å². The highest BCUT2D eigenvalue weighted by atomic mass is 16.6. The summed E-state index contributed by atoms with van der Waals surface area (Å²) in [6.07, 6.45) is 18.3. The molecule has 2 heterocycles. The molecule has 0 saturated carbocycles. The summed E-state index contributed by atoms with van der Waals surface area (Å²) in [5, 5.41) is 12.5. The van der Waals surface area contributed by atoms with Gasteiger partial charge in [0.15, 0.2) is 0 Å². The number of carbonyl (C=O) groups is 2. The minimum absolute atomic E-state index is 0.124. The Bertz CT molecular complexity index is 665. The summed E-state index contributed by atoms with van der Waals surface area (Å²) in [5.74, 6) is -0.987. The summed E-state index contributed by atoms with van der Waals surface area (Å²) >= 11 is 0. The van der Waals surface area contributed by atoms with E-state index in [1.807, 2.05) is 12.2 Å². The monoisotopic (exact) mass is 419 g/mol. The van der Waals surface area contributed by atoms with Crippen molar-refractivity contribution in [2.24, 2.45) is 0 Å². The third-order valence-corrected chi connectivity index (χ3v) is 5.21. The predicted octanol–water partition coefficient (Wildman–Crippen LogP) is 4.09. The molecule has 6 nitrogen and oxygen atoms in total. The van der Waals surface area contributed by atoms with Gasteiger partial charge in [0, 0.05) is 0 Å². The molecule has 3 unspecified atom stereocenters. The number of ether oxygens (including phenoxy) is 2. The summed E-state index contributed by atoms with van der Waals surface area (Å²) in [4.78, 5) is 23.6. The molecule has 2 aliphatic rings. The lowest BCUT2D eigenvalue weighted by molar-refractivity contribution is -0.145. The highest BCUT2D eigenvalue weighted by molar-refractivity contribution is 5.96. The highest BCUT2D eigenvalue weighted by Gasteiger charge is 2.36. The summed E-state index contributed by atoms with van der Waals surface area (Å²) < 4.78 is 10.8. The van der Waals surface area contributed by atoms with Gasteiger partial charge < -0.3 is 19.9 Å². The molecule has 2 rings (SSSR count). The molecule has 0 aliphatic carbocycles. The number of allylic oxidation sites excluding steroid dienone is 2. The zero-order chi connectivity index (χ0) is 22.0.